The molecule has 3 N–H and O–H groups in total. The number of ether oxygens (including phenoxy) is 2. The first-order valence-electron chi connectivity index (χ1n) is 9.45. The maximum Gasteiger partial charge on any atom is 0.227 e. The van der Waals surface area contributed by atoms with Gasteiger partial charge in [-0.2, -0.15) is 0 Å². The van der Waals surface area contributed by atoms with Crippen LogP contribution in [0.2, 0.25) is 0 Å². The average molecular weight is 364 g/mol. The average Bonchev–Trinajstić information content (AvgIpc) is 3.10. The predicted molar refractivity (Wildman–Crippen MR) is 103 cm³/mol. The summed E-state index contributed by atoms with van der Waals surface area (Å²) in [4.78, 5) is 15.1. The zero-order chi connectivity index (χ0) is 19.2. The summed E-state index contributed by atoms with van der Waals surface area (Å²) in [5.41, 5.74) is 6.60. The highest BCUT2D eigenvalue weighted by Gasteiger charge is 2.35. The molecule has 146 valence electrons. The number of rotatable bonds is 9. The molecule has 0 bridgehead atoms. The van der Waals surface area contributed by atoms with Crippen LogP contribution in [0.5, 0.6) is 11.5 Å². The lowest BCUT2D eigenvalue weighted by Gasteiger charge is -2.30. The molecule has 6 heteroatoms. The molecule has 6 nitrogen and oxygen atoms in total. The van der Waals surface area contributed by atoms with Gasteiger partial charge in [-0.3, -0.25) is 9.69 Å². The van der Waals surface area contributed by atoms with Gasteiger partial charge in [0.2, 0.25) is 5.91 Å². The van der Waals surface area contributed by atoms with Crippen molar-refractivity contribution in [3.63, 3.8) is 0 Å². The van der Waals surface area contributed by atoms with Crippen LogP contribution in [0.25, 0.3) is 0 Å². The van der Waals surface area contributed by atoms with Crippen molar-refractivity contribution in [1.82, 2.24) is 10.2 Å². The Morgan fingerprint density at radius 2 is 1.85 bits per heavy atom. The van der Waals surface area contributed by atoms with Crippen LogP contribution in [0.4, 0.5) is 0 Å². The van der Waals surface area contributed by atoms with E-state index in [4.69, 9.17) is 15.2 Å². The van der Waals surface area contributed by atoms with Gasteiger partial charge in [0, 0.05) is 38.3 Å². The quantitative estimate of drug-likeness (QED) is 0.703. The van der Waals surface area contributed by atoms with Crippen LogP contribution in [0.1, 0.15) is 38.7 Å². The van der Waals surface area contributed by atoms with E-state index in [1.54, 1.807) is 14.2 Å². The van der Waals surface area contributed by atoms with Gasteiger partial charge in [0.05, 0.1) is 19.6 Å². The number of benzene rings is 1. The van der Waals surface area contributed by atoms with Crippen molar-refractivity contribution in [2.75, 3.05) is 33.9 Å². The molecule has 0 saturated carbocycles. The number of nitrogens with zero attached hydrogens (tertiary/aromatic N) is 1. The molecule has 0 aromatic heterocycles. The molecule has 1 fully saturated rings. The van der Waals surface area contributed by atoms with Crippen LogP contribution in [0.15, 0.2) is 18.2 Å². The number of likely N-dealkylation sites (tertiary alicyclic amines) is 1. The third kappa shape index (κ3) is 4.68. The van der Waals surface area contributed by atoms with Crippen molar-refractivity contribution in [2.24, 2.45) is 11.1 Å². The largest absolute Gasteiger partial charge is 0.497 e. The first-order valence-corrected chi connectivity index (χ1v) is 9.45. The third-order valence-corrected chi connectivity index (χ3v) is 5.65. The van der Waals surface area contributed by atoms with Gasteiger partial charge in [-0.1, -0.05) is 13.8 Å². The van der Waals surface area contributed by atoms with E-state index in [9.17, 15) is 4.79 Å². The SMILES string of the molecule is CCC(CC)(CN)C(=O)NC1CCN(Cc2cc(OC)cc(OC)c2)C1. The van der Waals surface area contributed by atoms with Gasteiger partial charge in [-0.05, 0) is 37.0 Å². The van der Waals surface area contributed by atoms with E-state index in [1.165, 1.54) is 0 Å². The van der Waals surface area contributed by atoms with Gasteiger partial charge in [-0.25, -0.2) is 0 Å². The van der Waals surface area contributed by atoms with Crippen LogP contribution in [0, 0.1) is 5.41 Å². The van der Waals surface area contributed by atoms with Gasteiger partial charge in [0.25, 0.3) is 0 Å². The summed E-state index contributed by atoms with van der Waals surface area (Å²) >= 11 is 0. The number of nitrogens with two attached hydrogens (primary N) is 1. The molecule has 0 aliphatic carbocycles. The van der Waals surface area contributed by atoms with Crippen LogP contribution in [0.3, 0.4) is 0 Å². The molecular weight excluding hydrogens is 330 g/mol. The zero-order valence-corrected chi connectivity index (χ0v) is 16.5. The summed E-state index contributed by atoms with van der Waals surface area (Å²) in [6.45, 7) is 7.08. The molecule has 1 heterocycles. The van der Waals surface area contributed by atoms with Gasteiger partial charge < -0.3 is 20.5 Å². The normalized spacial score (nSPS) is 18.0. The summed E-state index contributed by atoms with van der Waals surface area (Å²) in [6, 6.07) is 6.11. The Bertz CT molecular complexity index is 571. The second kappa shape index (κ2) is 9.24. The molecule has 1 saturated heterocycles. The Morgan fingerprint density at radius 1 is 1.23 bits per heavy atom. The van der Waals surface area contributed by atoms with E-state index in [1.807, 2.05) is 32.0 Å². The Morgan fingerprint density at radius 3 is 2.35 bits per heavy atom. The lowest BCUT2D eigenvalue weighted by Crippen LogP contribution is -2.49. The highest BCUT2D eigenvalue weighted by Crippen LogP contribution is 2.27. The number of carbonyl (C=O) groups is 1. The lowest BCUT2D eigenvalue weighted by atomic mass is 9.81. The van der Waals surface area contributed by atoms with Crippen molar-refractivity contribution in [3.8, 4) is 11.5 Å². The van der Waals surface area contributed by atoms with Crippen LogP contribution < -0.4 is 20.5 Å². The monoisotopic (exact) mass is 363 g/mol. The summed E-state index contributed by atoms with van der Waals surface area (Å²) < 4.78 is 10.7. The molecule has 1 aliphatic heterocycles. The molecule has 1 aromatic carbocycles. The number of amides is 1. The van der Waals surface area contributed by atoms with Crippen molar-refractivity contribution in [2.45, 2.75) is 45.7 Å². The number of carbonyl (C=O) groups excluding carboxylic acids is 1. The fourth-order valence-corrected chi connectivity index (χ4v) is 3.60. The van der Waals surface area contributed by atoms with Crippen molar-refractivity contribution >= 4 is 5.91 Å². The molecule has 2 rings (SSSR count). The third-order valence-electron chi connectivity index (χ3n) is 5.65. The van der Waals surface area contributed by atoms with Crippen LogP contribution in [-0.2, 0) is 11.3 Å². The van der Waals surface area contributed by atoms with E-state index in [0.29, 0.717) is 6.54 Å². The lowest BCUT2D eigenvalue weighted by molar-refractivity contribution is -0.131. The highest BCUT2D eigenvalue weighted by molar-refractivity contribution is 5.83. The van der Waals surface area contributed by atoms with Crippen molar-refractivity contribution in [3.05, 3.63) is 23.8 Å². The minimum Gasteiger partial charge on any atom is -0.497 e. The summed E-state index contributed by atoms with van der Waals surface area (Å²) in [6.07, 6.45) is 2.50. The van der Waals surface area contributed by atoms with Crippen LogP contribution in [-0.4, -0.2) is 50.7 Å². The second-order valence-electron chi connectivity index (χ2n) is 7.11. The number of hydrogen-bond acceptors (Lipinski definition) is 5. The second-order valence-corrected chi connectivity index (χ2v) is 7.11. The maximum absolute atomic E-state index is 12.7. The first-order chi connectivity index (χ1) is 12.5. The highest BCUT2D eigenvalue weighted by atomic mass is 16.5. The summed E-state index contributed by atoms with van der Waals surface area (Å²) in [7, 11) is 3.32. The minimum atomic E-state index is -0.437. The van der Waals surface area contributed by atoms with E-state index in [2.05, 4.69) is 10.2 Å². The Hall–Kier alpha value is -1.79. The van der Waals surface area contributed by atoms with Gasteiger partial charge in [-0.15, -0.1) is 0 Å². The van der Waals surface area contributed by atoms with Gasteiger partial charge in [0.1, 0.15) is 11.5 Å². The first kappa shape index (κ1) is 20.5. The summed E-state index contributed by atoms with van der Waals surface area (Å²) in [5.74, 6) is 1.68. The molecular formula is C20H33N3O3. The molecule has 1 atom stereocenters. The Kier molecular flexibility index (Phi) is 7.29. The number of methoxy groups -OCH3 is 2. The van der Waals surface area contributed by atoms with E-state index >= 15 is 0 Å². The van der Waals surface area contributed by atoms with E-state index in [-0.39, 0.29) is 11.9 Å². The fourth-order valence-electron chi connectivity index (χ4n) is 3.60. The topological polar surface area (TPSA) is 76.8 Å². The predicted octanol–water partition coefficient (Wildman–Crippen LogP) is 2.16. The van der Waals surface area contributed by atoms with E-state index < -0.39 is 5.41 Å². The molecule has 0 spiro atoms. The smallest absolute Gasteiger partial charge is 0.227 e. The number of hydrogen-bond donors (Lipinski definition) is 2. The number of nitrogens with one attached hydrogen (secondary N) is 1. The summed E-state index contributed by atoms with van der Waals surface area (Å²) in [5, 5.41) is 3.22. The zero-order valence-electron chi connectivity index (χ0n) is 16.5. The van der Waals surface area contributed by atoms with Crippen molar-refractivity contribution < 1.29 is 14.3 Å². The van der Waals surface area contributed by atoms with Crippen LogP contribution >= 0.6 is 0 Å². The maximum atomic E-state index is 12.7. The molecule has 1 aromatic rings. The fraction of sp³-hybridized carbons (Fsp3) is 0.650. The van der Waals surface area contributed by atoms with E-state index in [0.717, 1.165) is 56.0 Å². The molecule has 0 radical (unpaired) electrons. The Balaban J connectivity index is 1.95. The molecule has 1 unspecified atom stereocenters. The van der Waals surface area contributed by atoms with Gasteiger partial charge >= 0.3 is 0 Å². The molecule has 1 aliphatic rings. The Labute approximate surface area is 157 Å². The van der Waals surface area contributed by atoms with Gasteiger partial charge in [0.15, 0.2) is 0 Å². The molecule has 26 heavy (non-hydrogen) atoms. The van der Waals surface area contributed by atoms with Crippen molar-refractivity contribution in [1.29, 1.82) is 0 Å². The standard InChI is InChI=1S/C20H33N3O3/c1-5-20(6-2,14-21)19(24)22-16-7-8-23(13-16)12-15-9-17(25-3)11-18(10-15)26-4/h9-11,16H,5-8,12-14,21H2,1-4H3,(H,22,24). The minimum absolute atomic E-state index is 0.0971. The molecule has 1 amide bonds.